The van der Waals surface area contributed by atoms with E-state index in [4.69, 9.17) is 10.8 Å². The Morgan fingerprint density at radius 3 is 2.50 bits per heavy atom. The third kappa shape index (κ3) is 3.36. The number of benzene rings is 1. The number of hydrogen-bond acceptors (Lipinski definition) is 3. The number of amides is 1. The molecule has 1 aromatic carbocycles. The highest BCUT2D eigenvalue weighted by Gasteiger charge is 2.34. The summed E-state index contributed by atoms with van der Waals surface area (Å²) >= 11 is 0. The molecule has 0 radical (unpaired) electrons. The zero-order chi connectivity index (χ0) is 13.9. The third-order valence-corrected chi connectivity index (χ3v) is 2.35. The Hall–Kier alpha value is -1.76. The fraction of sp³-hybridized carbons (Fsp3) is 0.364. The molecule has 1 aromatic rings. The Labute approximate surface area is 102 Å². The zero-order valence-electron chi connectivity index (χ0n) is 9.66. The summed E-state index contributed by atoms with van der Waals surface area (Å²) < 4.78 is 38.5. The summed E-state index contributed by atoms with van der Waals surface area (Å²) in [5.41, 5.74) is 4.04. The number of rotatable bonds is 4. The summed E-state index contributed by atoms with van der Waals surface area (Å²) in [5, 5.41) is 8.85. The first-order valence-electron chi connectivity index (χ1n) is 5.06. The fourth-order valence-corrected chi connectivity index (χ4v) is 1.56. The summed E-state index contributed by atoms with van der Waals surface area (Å²) in [4.78, 5) is 11.8. The van der Waals surface area contributed by atoms with Crippen molar-refractivity contribution in [2.24, 2.45) is 5.73 Å². The summed E-state index contributed by atoms with van der Waals surface area (Å²) in [5.74, 6) is -0.725. The van der Waals surface area contributed by atoms with Gasteiger partial charge in [-0.1, -0.05) is 6.07 Å². The predicted octanol–water partition coefficient (Wildman–Crippen LogP) is 1.12. The summed E-state index contributed by atoms with van der Waals surface area (Å²) in [6, 6.07) is 3.42. The Morgan fingerprint density at radius 2 is 2.06 bits per heavy atom. The lowest BCUT2D eigenvalue weighted by Crippen LogP contribution is -2.32. The van der Waals surface area contributed by atoms with E-state index in [1.165, 1.54) is 19.2 Å². The molecule has 0 spiro atoms. The number of aliphatic hydroxyl groups excluding tert-OH is 1. The first kappa shape index (κ1) is 14.3. The molecule has 0 bridgehead atoms. The maximum atomic E-state index is 12.8. The molecule has 0 aliphatic rings. The number of alkyl halides is 3. The first-order valence-corrected chi connectivity index (χ1v) is 5.06. The van der Waals surface area contributed by atoms with Crippen LogP contribution in [0.3, 0.4) is 0 Å². The molecule has 0 unspecified atom stereocenters. The molecule has 0 aliphatic carbocycles. The Kier molecular flexibility index (Phi) is 4.18. The predicted molar refractivity (Wildman–Crippen MR) is 59.8 cm³/mol. The number of anilines is 1. The number of aliphatic hydroxyl groups is 1. The number of primary amides is 1. The normalized spacial score (nSPS) is 11.4. The van der Waals surface area contributed by atoms with Gasteiger partial charge in [-0.15, -0.1) is 0 Å². The van der Waals surface area contributed by atoms with Gasteiger partial charge in [0.2, 0.25) is 5.91 Å². The van der Waals surface area contributed by atoms with Crippen LogP contribution in [0.5, 0.6) is 0 Å². The van der Waals surface area contributed by atoms with Gasteiger partial charge < -0.3 is 15.7 Å². The molecule has 0 atom stereocenters. The smallest absolute Gasteiger partial charge is 0.392 e. The Bertz CT molecular complexity index is 446. The SMILES string of the molecule is CN(CC(N)=O)c1ccc(CO)cc1C(F)(F)F. The van der Waals surface area contributed by atoms with Crippen LogP contribution in [0.1, 0.15) is 11.1 Å². The monoisotopic (exact) mass is 262 g/mol. The Balaban J connectivity index is 3.22. The number of halogens is 3. The molecule has 1 amide bonds. The highest BCUT2D eigenvalue weighted by Crippen LogP contribution is 2.36. The minimum absolute atomic E-state index is 0.151. The van der Waals surface area contributed by atoms with Crippen molar-refractivity contribution in [3.63, 3.8) is 0 Å². The molecule has 0 heterocycles. The van der Waals surface area contributed by atoms with Crippen LogP contribution < -0.4 is 10.6 Å². The van der Waals surface area contributed by atoms with E-state index in [2.05, 4.69) is 0 Å². The van der Waals surface area contributed by atoms with Crippen LogP contribution >= 0.6 is 0 Å². The number of carbonyl (C=O) groups excluding carboxylic acids is 1. The van der Waals surface area contributed by atoms with Gasteiger partial charge in [-0.25, -0.2) is 0 Å². The third-order valence-electron chi connectivity index (χ3n) is 2.35. The summed E-state index contributed by atoms with van der Waals surface area (Å²) in [6.07, 6.45) is -4.56. The van der Waals surface area contributed by atoms with E-state index in [0.717, 1.165) is 11.0 Å². The largest absolute Gasteiger partial charge is 0.418 e. The van der Waals surface area contributed by atoms with E-state index in [9.17, 15) is 18.0 Å². The molecule has 0 fully saturated rings. The van der Waals surface area contributed by atoms with Gasteiger partial charge >= 0.3 is 6.18 Å². The molecule has 7 heteroatoms. The minimum atomic E-state index is -4.56. The molecule has 0 saturated carbocycles. The molecule has 18 heavy (non-hydrogen) atoms. The maximum Gasteiger partial charge on any atom is 0.418 e. The second-order valence-electron chi connectivity index (χ2n) is 3.83. The zero-order valence-corrected chi connectivity index (χ0v) is 9.66. The van der Waals surface area contributed by atoms with Crippen molar-refractivity contribution in [1.29, 1.82) is 0 Å². The van der Waals surface area contributed by atoms with E-state index in [-0.39, 0.29) is 17.8 Å². The topological polar surface area (TPSA) is 66.6 Å². The van der Waals surface area contributed by atoms with Crippen molar-refractivity contribution in [2.45, 2.75) is 12.8 Å². The second-order valence-corrected chi connectivity index (χ2v) is 3.83. The standard InChI is InChI=1S/C11H13F3N2O2/c1-16(5-10(15)18)9-3-2-7(6-17)4-8(9)11(12,13)14/h2-4,17H,5-6H2,1H3,(H2,15,18). The highest BCUT2D eigenvalue weighted by atomic mass is 19.4. The van der Waals surface area contributed by atoms with Crippen molar-refractivity contribution in [2.75, 3.05) is 18.5 Å². The maximum absolute atomic E-state index is 12.8. The van der Waals surface area contributed by atoms with E-state index in [1.54, 1.807) is 0 Å². The average Bonchev–Trinajstić information content (AvgIpc) is 2.26. The van der Waals surface area contributed by atoms with Gasteiger partial charge in [0.25, 0.3) is 0 Å². The molecule has 3 N–H and O–H groups in total. The second kappa shape index (κ2) is 5.26. The minimum Gasteiger partial charge on any atom is -0.392 e. The van der Waals surface area contributed by atoms with Gasteiger partial charge in [0.15, 0.2) is 0 Å². The average molecular weight is 262 g/mol. The van der Waals surface area contributed by atoms with Crippen LogP contribution in [-0.4, -0.2) is 24.6 Å². The first-order chi connectivity index (χ1) is 8.25. The van der Waals surface area contributed by atoms with Crippen molar-refractivity contribution < 1.29 is 23.1 Å². The van der Waals surface area contributed by atoms with Gasteiger partial charge in [-0.2, -0.15) is 13.2 Å². The van der Waals surface area contributed by atoms with Gasteiger partial charge in [-0.3, -0.25) is 4.79 Å². The molecular weight excluding hydrogens is 249 g/mol. The van der Waals surface area contributed by atoms with Gasteiger partial charge in [0.05, 0.1) is 18.7 Å². The lowest BCUT2D eigenvalue weighted by Gasteiger charge is -2.22. The number of nitrogens with zero attached hydrogens (tertiary/aromatic N) is 1. The van der Waals surface area contributed by atoms with Crippen molar-refractivity contribution in [3.8, 4) is 0 Å². The van der Waals surface area contributed by atoms with Crippen molar-refractivity contribution in [1.82, 2.24) is 0 Å². The van der Waals surface area contributed by atoms with E-state index < -0.39 is 24.3 Å². The van der Waals surface area contributed by atoms with Crippen LogP contribution in [-0.2, 0) is 17.6 Å². The molecule has 0 aliphatic heterocycles. The Morgan fingerprint density at radius 1 is 1.44 bits per heavy atom. The molecule has 0 aromatic heterocycles. The van der Waals surface area contributed by atoms with Crippen LogP contribution in [0, 0.1) is 0 Å². The molecule has 0 saturated heterocycles. The number of nitrogens with two attached hydrogens (primary N) is 1. The van der Waals surface area contributed by atoms with E-state index >= 15 is 0 Å². The quantitative estimate of drug-likeness (QED) is 0.854. The van der Waals surface area contributed by atoms with Gasteiger partial charge in [-0.05, 0) is 17.7 Å². The lowest BCUT2D eigenvalue weighted by molar-refractivity contribution is -0.137. The van der Waals surface area contributed by atoms with Crippen LogP contribution in [0.2, 0.25) is 0 Å². The number of carbonyl (C=O) groups is 1. The summed E-state index contributed by atoms with van der Waals surface area (Å²) in [6.45, 7) is -0.801. The molecule has 4 nitrogen and oxygen atoms in total. The highest BCUT2D eigenvalue weighted by molar-refractivity contribution is 5.79. The van der Waals surface area contributed by atoms with Crippen molar-refractivity contribution in [3.05, 3.63) is 29.3 Å². The molecular formula is C11H13F3N2O2. The molecule has 1 rings (SSSR count). The van der Waals surface area contributed by atoms with Crippen LogP contribution in [0.4, 0.5) is 18.9 Å². The lowest BCUT2D eigenvalue weighted by atomic mass is 10.1. The van der Waals surface area contributed by atoms with Crippen molar-refractivity contribution >= 4 is 11.6 Å². The number of hydrogen-bond donors (Lipinski definition) is 2. The van der Waals surface area contributed by atoms with E-state index in [1.807, 2.05) is 0 Å². The van der Waals surface area contributed by atoms with Crippen LogP contribution in [0.15, 0.2) is 18.2 Å². The van der Waals surface area contributed by atoms with E-state index in [0.29, 0.717) is 0 Å². The number of likely N-dealkylation sites (N-methyl/N-ethyl adjacent to an activating group) is 1. The van der Waals surface area contributed by atoms with Gasteiger partial charge in [0.1, 0.15) is 0 Å². The van der Waals surface area contributed by atoms with Crippen LogP contribution in [0.25, 0.3) is 0 Å². The summed E-state index contributed by atoms with van der Waals surface area (Å²) in [7, 11) is 1.34. The fourth-order valence-electron chi connectivity index (χ4n) is 1.56. The molecule has 100 valence electrons. The van der Waals surface area contributed by atoms with Gasteiger partial charge in [0, 0.05) is 12.7 Å².